The number of carbonyl (C=O) groups excluding carboxylic acids is 1. The molecule has 2 atom stereocenters. The molecule has 3 aliphatic heterocycles. The molecule has 2 saturated heterocycles. The molecule has 2 aromatic heterocycles. The Morgan fingerprint density at radius 3 is 2.80 bits per heavy atom. The van der Waals surface area contributed by atoms with Crippen molar-refractivity contribution in [1.29, 1.82) is 0 Å². The van der Waals surface area contributed by atoms with Gasteiger partial charge in [-0.3, -0.25) is 4.79 Å². The summed E-state index contributed by atoms with van der Waals surface area (Å²) in [5.74, 6) is 0.836. The molecule has 2 unspecified atom stereocenters. The highest BCUT2D eigenvalue weighted by molar-refractivity contribution is 9.10. The number of pyridine rings is 1. The predicted molar refractivity (Wildman–Crippen MR) is 118 cm³/mol. The molecule has 6 nitrogen and oxygen atoms in total. The van der Waals surface area contributed by atoms with E-state index in [-0.39, 0.29) is 5.78 Å². The van der Waals surface area contributed by atoms with Gasteiger partial charge in [0.2, 0.25) is 5.78 Å². The topological polar surface area (TPSA) is 56.6 Å². The molecule has 3 aliphatic rings. The molecule has 5 heterocycles. The number of fused-ring (bicyclic) bond motifs is 4. The van der Waals surface area contributed by atoms with Gasteiger partial charge >= 0.3 is 0 Å². The lowest BCUT2D eigenvalue weighted by Crippen LogP contribution is -2.42. The van der Waals surface area contributed by atoms with Crippen molar-refractivity contribution in [2.24, 2.45) is 7.05 Å². The second kappa shape index (κ2) is 6.68. The molecular weight excluding hydrogens is 446 g/mol. The van der Waals surface area contributed by atoms with E-state index in [1.807, 2.05) is 42.2 Å². The van der Waals surface area contributed by atoms with E-state index in [0.717, 1.165) is 52.7 Å². The maximum atomic E-state index is 12.9. The number of aromatic nitrogens is 2. The van der Waals surface area contributed by atoms with E-state index < -0.39 is 0 Å². The first-order chi connectivity index (χ1) is 14.6. The minimum atomic E-state index is -0.0989. The molecule has 0 amide bonds. The Balaban J connectivity index is 1.45. The van der Waals surface area contributed by atoms with Crippen molar-refractivity contribution >= 4 is 44.5 Å². The SMILES string of the molecule is Cn1cc(/C=C2\Oc3ccc(Br)cc3C2=O)c2c(N3CC4CCC(C3)O4)ccnc21. The van der Waals surface area contributed by atoms with Crippen LogP contribution in [0.2, 0.25) is 0 Å². The largest absolute Gasteiger partial charge is 0.452 e. The van der Waals surface area contributed by atoms with Crippen LogP contribution in [0.4, 0.5) is 5.69 Å². The standard InChI is InChI=1S/C23H20BrN3O3/c1-26-10-13(8-20-22(28)17-9-14(24)2-5-19(17)30-20)21-18(6-7-25-23(21)26)27-11-15-3-4-16(12-27)29-15/h2,5-10,15-16H,3-4,11-12H2,1H3/b20-8-. The zero-order valence-corrected chi connectivity index (χ0v) is 18.1. The lowest BCUT2D eigenvalue weighted by Gasteiger charge is -2.34. The van der Waals surface area contributed by atoms with Crippen LogP contribution < -0.4 is 9.64 Å². The van der Waals surface area contributed by atoms with Crippen LogP contribution in [0.25, 0.3) is 17.1 Å². The summed E-state index contributed by atoms with van der Waals surface area (Å²) in [5.41, 5.74) is 3.55. The van der Waals surface area contributed by atoms with E-state index in [2.05, 4.69) is 31.9 Å². The summed E-state index contributed by atoms with van der Waals surface area (Å²) >= 11 is 3.43. The number of ether oxygens (including phenoxy) is 2. The van der Waals surface area contributed by atoms with Crippen molar-refractivity contribution in [3.63, 3.8) is 0 Å². The third-order valence-electron chi connectivity index (χ3n) is 6.17. The molecule has 7 heteroatoms. The van der Waals surface area contributed by atoms with E-state index in [9.17, 15) is 4.79 Å². The number of benzene rings is 1. The van der Waals surface area contributed by atoms with Gasteiger partial charge in [0, 0.05) is 48.0 Å². The Hall–Kier alpha value is -2.64. The Labute approximate surface area is 182 Å². The smallest absolute Gasteiger partial charge is 0.232 e. The van der Waals surface area contributed by atoms with Crippen molar-refractivity contribution in [1.82, 2.24) is 9.55 Å². The van der Waals surface area contributed by atoms with Crippen LogP contribution in [0.15, 0.2) is 46.9 Å². The molecule has 0 saturated carbocycles. The molecule has 0 spiro atoms. The zero-order chi connectivity index (χ0) is 20.4. The van der Waals surface area contributed by atoms with Crippen LogP contribution in [-0.4, -0.2) is 40.6 Å². The van der Waals surface area contributed by atoms with E-state index in [1.165, 1.54) is 0 Å². The predicted octanol–water partition coefficient (Wildman–Crippen LogP) is 4.32. The maximum absolute atomic E-state index is 12.9. The lowest BCUT2D eigenvalue weighted by atomic mass is 10.1. The van der Waals surface area contributed by atoms with Gasteiger partial charge < -0.3 is 18.9 Å². The Kier molecular flexibility index (Phi) is 4.05. The number of hydrogen-bond acceptors (Lipinski definition) is 5. The number of Topliss-reactive ketones (excluding diaryl/α,β-unsaturated/α-hetero) is 1. The normalized spacial score (nSPS) is 24.0. The van der Waals surface area contributed by atoms with E-state index >= 15 is 0 Å². The number of hydrogen-bond donors (Lipinski definition) is 0. The molecule has 6 rings (SSSR count). The number of anilines is 1. The second-order valence-corrected chi connectivity index (χ2v) is 9.08. The van der Waals surface area contributed by atoms with E-state index in [4.69, 9.17) is 9.47 Å². The van der Waals surface area contributed by atoms with Gasteiger partial charge in [0.1, 0.15) is 11.4 Å². The van der Waals surface area contributed by atoms with Crippen molar-refractivity contribution in [3.8, 4) is 5.75 Å². The van der Waals surface area contributed by atoms with Gasteiger partial charge in [-0.1, -0.05) is 15.9 Å². The van der Waals surface area contributed by atoms with Crippen LogP contribution in [0.3, 0.4) is 0 Å². The van der Waals surface area contributed by atoms with Crippen LogP contribution >= 0.6 is 15.9 Å². The summed E-state index contributed by atoms with van der Waals surface area (Å²) in [6.07, 6.45) is 8.55. The third-order valence-corrected chi connectivity index (χ3v) is 6.66. The van der Waals surface area contributed by atoms with E-state index in [1.54, 1.807) is 6.07 Å². The minimum Gasteiger partial charge on any atom is -0.452 e. The highest BCUT2D eigenvalue weighted by atomic mass is 79.9. The molecule has 2 bridgehead atoms. The van der Waals surface area contributed by atoms with Crippen LogP contribution in [0.5, 0.6) is 5.75 Å². The number of allylic oxidation sites excluding steroid dienone is 1. The van der Waals surface area contributed by atoms with Crippen molar-refractivity contribution < 1.29 is 14.3 Å². The quantitative estimate of drug-likeness (QED) is 0.527. The van der Waals surface area contributed by atoms with Crippen LogP contribution in [0.1, 0.15) is 28.8 Å². The summed E-state index contributed by atoms with van der Waals surface area (Å²) in [4.78, 5) is 19.9. The lowest BCUT2D eigenvalue weighted by molar-refractivity contribution is 0.0306. The summed E-state index contributed by atoms with van der Waals surface area (Å²) in [6.45, 7) is 1.77. The van der Waals surface area contributed by atoms with Gasteiger partial charge in [-0.2, -0.15) is 0 Å². The molecular formula is C23H20BrN3O3. The van der Waals surface area contributed by atoms with Crippen molar-refractivity contribution in [2.45, 2.75) is 25.0 Å². The molecule has 2 fully saturated rings. The number of aryl methyl sites for hydroxylation is 1. The number of rotatable bonds is 2. The van der Waals surface area contributed by atoms with Gasteiger partial charge in [0.05, 0.1) is 23.5 Å². The molecule has 30 heavy (non-hydrogen) atoms. The van der Waals surface area contributed by atoms with Gasteiger partial charge in [0.25, 0.3) is 0 Å². The first kappa shape index (κ1) is 18.2. The van der Waals surface area contributed by atoms with E-state index in [0.29, 0.717) is 29.3 Å². The Morgan fingerprint density at radius 1 is 1.20 bits per heavy atom. The first-order valence-electron chi connectivity index (χ1n) is 10.1. The summed E-state index contributed by atoms with van der Waals surface area (Å²) in [7, 11) is 1.98. The van der Waals surface area contributed by atoms with Gasteiger partial charge in [-0.15, -0.1) is 0 Å². The number of ketones is 1. The highest BCUT2D eigenvalue weighted by Crippen LogP contribution is 2.38. The fraction of sp³-hybridized carbons (Fsp3) is 0.304. The fourth-order valence-electron chi connectivity index (χ4n) is 4.81. The fourth-order valence-corrected chi connectivity index (χ4v) is 5.17. The van der Waals surface area contributed by atoms with Crippen molar-refractivity contribution in [3.05, 3.63) is 58.0 Å². The highest BCUT2D eigenvalue weighted by Gasteiger charge is 2.35. The Bertz CT molecular complexity index is 1220. The zero-order valence-electron chi connectivity index (χ0n) is 16.5. The molecule has 0 aliphatic carbocycles. The molecule has 1 aromatic carbocycles. The minimum absolute atomic E-state index is 0.0989. The Morgan fingerprint density at radius 2 is 2.00 bits per heavy atom. The van der Waals surface area contributed by atoms with Crippen LogP contribution in [-0.2, 0) is 11.8 Å². The number of nitrogens with zero attached hydrogens (tertiary/aromatic N) is 3. The average molecular weight is 466 g/mol. The molecule has 152 valence electrons. The summed E-state index contributed by atoms with van der Waals surface area (Å²) in [6, 6.07) is 7.57. The molecule has 3 aromatic rings. The summed E-state index contributed by atoms with van der Waals surface area (Å²) < 4.78 is 14.8. The number of morpholine rings is 1. The van der Waals surface area contributed by atoms with Gasteiger partial charge in [-0.25, -0.2) is 4.98 Å². The maximum Gasteiger partial charge on any atom is 0.232 e. The average Bonchev–Trinajstić information content (AvgIpc) is 3.36. The van der Waals surface area contributed by atoms with Gasteiger partial charge in [-0.05, 0) is 43.2 Å². The van der Waals surface area contributed by atoms with Gasteiger partial charge in [0.15, 0.2) is 5.76 Å². The third kappa shape index (κ3) is 2.80. The summed E-state index contributed by atoms with van der Waals surface area (Å²) in [5, 5.41) is 1.04. The van der Waals surface area contributed by atoms with Crippen molar-refractivity contribution in [2.75, 3.05) is 18.0 Å². The first-order valence-corrected chi connectivity index (χ1v) is 10.9. The second-order valence-electron chi connectivity index (χ2n) is 8.17. The molecule has 0 radical (unpaired) electrons. The molecule has 0 N–H and O–H groups in total. The number of halogens is 1. The number of carbonyl (C=O) groups is 1. The monoisotopic (exact) mass is 465 g/mol. The van der Waals surface area contributed by atoms with Crippen LogP contribution in [0, 0.1) is 0 Å².